The van der Waals surface area contributed by atoms with Crippen molar-refractivity contribution in [1.29, 1.82) is 0 Å². The highest BCUT2D eigenvalue weighted by Gasteiger charge is 2.25. The average molecular weight is 368 g/mol. The molecule has 4 nitrogen and oxygen atoms in total. The van der Waals surface area contributed by atoms with Crippen LogP contribution < -0.4 is 9.64 Å². The monoisotopic (exact) mass is 367 g/mol. The zero-order valence-electron chi connectivity index (χ0n) is 16.9. The lowest BCUT2D eigenvalue weighted by Crippen LogP contribution is -3.13. The van der Waals surface area contributed by atoms with Crippen LogP contribution in [0.1, 0.15) is 42.3 Å². The molecular formula is C23H31N2O2+. The molecule has 0 unspecified atom stereocenters. The van der Waals surface area contributed by atoms with Gasteiger partial charge in [0.2, 0.25) is 0 Å². The van der Waals surface area contributed by atoms with Crippen LogP contribution in [-0.4, -0.2) is 44.1 Å². The van der Waals surface area contributed by atoms with E-state index in [0.717, 1.165) is 44.0 Å². The van der Waals surface area contributed by atoms with E-state index in [4.69, 9.17) is 4.74 Å². The fourth-order valence-electron chi connectivity index (χ4n) is 3.53. The van der Waals surface area contributed by atoms with Crippen LogP contribution in [0.3, 0.4) is 0 Å². The van der Waals surface area contributed by atoms with Crippen LogP contribution in [0.2, 0.25) is 0 Å². The standard InChI is InChI=1S/C23H30N2O2/c1-23(2,3)20-9-7-19(8-10-20)22(26)25-15-13-24(14-16-25)17-18-5-11-21(27-4)12-6-18/h5-12H,13-17H2,1-4H3/p+1. The van der Waals surface area contributed by atoms with Crippen LogP contribution in [0.15, 0.2) is 48.5 Å². The smallest absolute Gasteiger partial charge is 0.254 e. The number of hydrogen-bond donors (Lipinski definition) is 1. The first-order chi connectivity index (χ1) is 12.9. The van der Waals surface area contributed by atoms with E-state index in [0.29, 0.717) is 0 Å². The molecule has 0 saturated carbocycles. The Morgan fingerprint density at radius 2 is 1.59 bits per heavy atom. The number of nitrogens with one attached hydrogen (secondary N) is 1. The first kappa shape index (κ1) is 19.4. The van der Waals surface area contributed by atoms with Crippen molar-refractivity contribution in [3.63, 3.8) is 0 Å². The quantitative estimate of drug-likeness (QED) is 0.901. The minimum Gasteiger partial charge on any atom is -0.497 e. The van der Waals surface area contributed by atoms with E-state index >= 15 is 0 Å². The molecule has 0 bridgehead atoms. The van der Waals surface area contributed by atoms with Gasteiger partial charge >= 0.3 is 0 Å². The fourth-order valence-corrected chi connectivity index (χ4v) is 3.53. The number of carbonyl (C=O) groups excluding carboxylic acids is 1. The van der Waals surface area contributed by atoms with Crippen molar-refractivity contribution in [2.45, 2.75) is 32.7 Å². The molecule has 1 heterocycles. The van der Waals surface area contributed by atoms with Gasteiger partial charge in [-0.2, -0.15) is 0 Å². The molecule has 1 amide bonds. The predicted molar refractivity (Wildman–Crippen MR) is 108 cm³/mol. The lowest BCUT2D eigenvalue weighted by Gasteiger charge is -2.32. The molecule has 0 aliphatic carbocycles. The topological polar surface area (TPSA) is 34.0 Å². The zero-order chi connectivity index (χ0) is 19.4. The van der Waals surface area contributed by atoms with E-state index in [1.807, 2.05) is 29.2 Å². The molecule has 4 heteroatoms. The van der Waals surface area contributed by atoms with E-state index in [-0.39, 0.29) is 11.3 Å². The lowest BCUT2D eigenvalue weighted by molar-refractivity contribution is -0.917. The van der Waals surface area contributed by atoms with Crippen LogP contribution in [0.4, 0.5) is 0 Å². The molecule has 1 saturated heterocycles. The molecule has 1 N–H and O–H groups in total. The van der Waals surface area contributed by atoms with Gasteiger partial charge in [0.15, 0.2) is 0 Å². The Labute approximate surface area is 162 Å². The summed E-state index contributed by atoms with van der Waals surface area (Å²) in [5.74, 6) is 1.04. The van der Waals surface area contributed by atoms with Crippen LogP contribution in [0.5, 0.6) is 5.75 Å². The highest BCUT2D eigenvalue weighted by Crippen LogP contribution is 2.22. The molecule has 0 aromatic heterocycles. The number of nitrogens with zero attached hydrogens (tertiary/aromatic N) is 1. The van der Waals surface area contributed by atoms with Crippen molar-refractivity contribution >= 4 is 5.91 Å². The Morgan fingerprint density at radius 3 is 2.11 bits per heavy atom. The highest BCUT2D eigenvalue weighted by atomic mass is 16.5. The van der Waals surface area contributed by atoms with Gasteiger partial charge < -0.3 is 14.5 Å². The zero-order valence-corrected chi connectivity index (χ0v) is 16.9. The summed E-state index contributed by atoms with van der Waals surface area (Å²) in [6, 6.07) is 16.4. The van der Waals surface area contributed by atoms with E-state index in [1.54, 1.807) is 7.11 Å². The van der Waals surface area contributed by atoms with Gasteiger partial charge in [-0.25, -0.2) is 0 Å². The first-order valence-corrected chi connectivity index (χ1v) is 9.73. The molecule has 0 radical (unpaired) electrons. The molecule has 1 aliphatic rings. The van der Waals surface area contributed by atoms with Crippen LogP contribution in [0.25, 0.3) is 0 Å². The number of quaternary nitrogens is 1. The molecule has 3 rings (SSSR count). The SMILES string of the molecule is COc1ccc(C[NH+]2CCN(C(=O)c3ccc(C(C)(C)C)cc3)CC2)cc1. The Morgan fingerprint density at radius 1 is 1.00 bits per heavy atom. The summed E-state index contributed by atoms with van der Waals surface area (Å²) in [6.45, 7) is 11.1. The van der Waals surface area contributed by atoms with Crippen LogP contribution in [-0.2, 0) is 12.0 Å². The number of benzene rings is 2. The Bertz CT molecular complexity index is 752. The van der Waals surface area contributed by atoms with Gasteiger partial charge in [-0.05, 0) is 47.4 Å². The molecule has 0 spiro atoms. The van der Waals surface area contributed by atoms with Gasteiger partial charge in [-0.1, -0.05) is 32.9 Å². The predicted octanol–water partition coefficient (Wildman–Crippen LogP) is 2.53. The van der Waals surface area contributed by atoms with Gasteiger partial charge in [0, 0.05) is 11.1 Å². The third kappa shape index (κ3) is 4.89. The summed E-state index contributed by atoms with van der Waals surface area (Å²) in [6.07, 6.45) is 0. The Kier molecular flexibility index (Phi) is 5.85. The lowest BCUT2D eigenvalue weighted by atomic mass is 9.86. The largest absolute Gasteiger partial charge is 0.497 e. The number of amides is 1. The maximum Gasteiger partial charge on any atom is 0.254 e. The molecule has 27 heavy (non-hydrogen) atoms. The molecule has 2 aromatic rings. The molecule has 1 aliphatic heterocycles. The fraction of sp³-hybridized carbons (Fsp3) is 0.435. The average Bonchev–Trinajstić information content (AvgIpc) is 2.68. The van der Waals surface area contributed by atoms with Crippen molar-refractivity contribution in [2.75, 3.05) is 33.3 Å². The van der Waals surface area contributed by atoms with Gasteiger partial charge in [0.25, 0.3) is 5.91 Å². The van der Waals surface area contributed by atoms with Gasteiger partial charge in [-0.15, -0.1) is 0 Å². The Hall–Kier alpha value is -2.33. The number of methoxy groups -OCH3 is 1. The van der Waals surface area contributed by atoms with E-state index in [9.17, 15) is 4.79 Å². The highest BCUT2D eigenvalue weighted by molar-refractivity contribution is 5.94. The van der Waals surface area contributed by atoms with Gasteiger partial charge in [-0.3, -0.25) is 4.79 Å². The third-order valence-electron chi connectivity index (χ3n) is 5.37. The summed E-state index contributed by atoms with van der Waals surface area (Å²) < 4.78 is 5.22. The number of ether oxygens (including phenoxy) is 1. The molecule has 0 atom stereocenters. The van der Waals surface area contributed by atoms with Gasteiger partial charge in [0.1, 0.15) is 12.3 Å². The second-order valence-corrected chi connectivity index (χ2v) is 8.39. The minimum absolute atomic E-state index is 0.109. The Balaban J connectivity index is 1.54. The van der Waals surface area contributed by atoms with Crippen molar-refractivity contribution in [3.8, 4) is 5.75 Å². The van der Waals surface area contributed by atoms with E-state index < -0.39 is 0 Å². The number of carbonyl (C=O) groups is 1. The van der Waals surface area contributed by atoms with Crippen LogP contribution in [0, 0.1) is 0 Å². The second kappa shape index (κ2) is 8.13. The molecule has 1 fully saturated rings. The maximum absolute atomic E-state index is 12.8. The number of rotatable bonds is 4. The van der Waals surface area contributed by atoms with Crippen LogP contribution >= 0.6 is 0 Å². The summed E-state index contributed by atoms with van der Waals surface area (Å²) in [7, 11) is 1.69. The van der Waals surface area contributed by atoms with Crippen molar-refractivity contribution in [2.24, 2.45) is 0 Å². The van der Waals surface area contributed by atoms with Crippen molar-refractivity contribution < 1.29 is 14.4 Å². The van der Waals surface area contributed by atoms with Gasteiger partial charge in [0.05, 0.1) is 33.3 Å². The van der Waals surface area contributed by atoms with Crippen molar-refractivity contribution in [3.05, 3.63) is 65.2 Å². The van der Waals surface area contributed by atoms with Crippen molar-refractivity contribution in [1.82, 2.24) is 4.90 Å². The van der Waals surface area contributed by atoms with E-state index in [2.05, 4.69) is 45.0 Å². The molecule has 144 valence electrons. The summed E-state index contributed by atoms with van der Waals surface area (Å²) in [4.78, 5) is 16.3. The third-order valence-corrected chi connectivity index (χ3v) is 5.37. The summed E-state index contributed by atoms with van der Waals surface area (Å²) in [5.41, 5.74) is 3.47. The normalized spacial score (nSPS) is 15.6. The minimum atomic E-state index is 0.109. The first-order valence-electron chi connectivity index (χ1n) is 9.73. The molecular weight excluding hydrogens is 336 g/mol. The second-order valence-electron chi connectivity index (χ2n) is 8.39. The number of hydrogen-bond acceptors (Lipinski definition) is 2. The summed E-state index contributed by atoms with van der Waals surface area (Å²) >= 11 is 0. The summed E-state index contributed by atoms with van der Waals surface area (Å²) in [5, 5.41) is 0. The molecule has 2 aromatic carbocycles. The maximum atomic E-state index is 12.8. The number of piperazine rings is 1. The van der Waals surface area contributed by atoms with E-state index in [1.165, 1.54) is 16.0 Å².